The van der Waals surface area contributed by atoms with E-state index in [4.69, 9.17) is 9.47 Å². The Morgan fingerprint density at radius 3 is 2.50 bits per heavy atom. The molecule has 0 saturated carbocycles. The topological polar surface area (TPSA) is 72.5 Å². The predicted octanol–water partition coefficient (Wildman–Crippen LogP) is 2.99. The highest BCUT2D eigenvalue weighted by molar-refractivity contribution is 5.92. The number of ether oxygens (including phenoxy) is 2. The molecule has 24 heavy (non-hydrogen) atoms. The molecular weight excluding hydrogens is 306 g/mol. The highest BCUT2D eigenvalue weighted by atomic mass is 16.5. The Labute approximate surface area is 142 Å². The average Bonchev–Trinajstić information content (AvgIpc) is 2.61. The molecule has 0 saturated heterocycles. The van der Waals surface area contributed by atoms with Gasteiger partial charge in [0.25, 0.3) is 5.91 Å². The molecule has 0 unspecified atom stereocenters. The lowest BCUT2D eigenvalue weighted by Crippen LogP contribution is -2.26. The minimum Gasteiger partial charge on any atom is -0.494 e. The summed E-state index contributed by atoms with van der Waals surface area (Å²) in [6, 6.07) is 11.2. The fourth-order valence-corrected chi connectivity index (χ4v) is 2.08. The number of carbonyl (C=O) groups excluding carboxylic acids is 1. The second kappa shape index (κ2) is 9.52. The molecule has 0 aliphatic heterocycles. The molecule has 0 atom stereocenters. The molecule has 1 heterocycles. The van der Waals surface area contributed by atoms with Crippen molar-refractivity contribution in [2.24, 2.45) is 0 Å². The molecule has 128 valence electrons. The summed E-state index contributed by atoms with van der Waals surface area (Å²) in [6.07, 6.45) is 2.42. The van der Waals surface area contributed by atoms with Crippen LogP contribution in [-0.2, 0) is 4.74 Å². The maximum atomic E-state index is 11.9. The van der Waals surface area contributed by atoms with Crippen LogP contribution in [0, 0.1) is 0 Å². The first-order valence-electron chi connectivity index (χ1n) is 7.96. The highest BCUT2D eigenvalue weighted by Crippen LogP contribution is 2.19. The summed E-state index contributed by atoms with van der Waals surface area (Å²) in [6.45, 7) is 3.79. The number of hydrogen-bond acceptors (Lipinski definition) is 5. The van der Waals surface area contributed by atoms with Gasteiger partial charge in [-0.1, -0.05) is 0 Å². The van der Waals surface area contributed by atoms with Crippen LogP contribution in [0.3, 0.4) is 0 Å². The summed E-state index contributed by atoms with van der Waals surface area (Å²) in [5.74, 6) is 0.653. The summed E-state index contributed by atoms with van der Waals surface area (Å²) in [7, 11) is 1.64. The molecule has 1 amide bonds. The van der Waals surface area contributed by atoms with E-state index in [1.807, 2.05) is 37.3 Å². The van der Waals surface area contributed by atoms with Crippen LogP contribution in [0.1, 0.15) is 23.8 Å². The summed E-state index contributed by atoms with van der Waals surface area (Å²) in [5.41, 5.74) is 2.14. The molecule has 6 nitrogen and oxygen atoms in total. The molecule has 2 N–H and O–H groups in total. The van der Waals surface area contributed by atoms with Crippen molar-refractivity contribution in [2.45, 2.75) is 13.3 Å². The number of anilines is 2. The lowest BCUT2D eigenvalue weighted by molar-refractivity contribution is 0.0943. The van der Waals surface area contributed by atoms with Gasteiger partial charge in [0.15, 0.2) is 0 Å². The molecule has 0 spiro atoms. The minimum atomic E-state index is -0.182. The molecule has 2 aromatic rings. The summed E-state index contributed by atoms with van der Waals surface area (Å²) in [5, 5.41) is 6.04. The van der Waals surface area contributed by atoms with Gasteiger partial charge in [-0.15, -0.1) is 0 Å². The number of nitrogens with one attached hydrogen (secondary N) is 2. The Balaban J connectivity index is 1.88. The number of hydrogen-bond donors (Lipinski definition) is 2. The van der Waals surface area contributed by atoms with E-state index >= 15 is 0 Å². The Hall–Kier alpha value is -2.60. The van der Waals surface area contributed by atoms with E-state index in [1.54, 1.807) is 19.4 Å². The zero-order valence-electron chi connectivity index (χ0n) is 14.0. The zero-order chi connectivity index (χ0) is 17.2. The largest absolute Gasteiger partial charge is 0.494 e. The highest BCUT2D eigenvalue weighted by Gasteiger charge is 2.06. The maximum Gasteiger partial charge on any atom is 0.269 e. The molecule has 0 aliphatic rings. The molecule has 0 radical (unpaired) electrons. The van der Waals surface area contributed by atoms with E-state index in [1.165, 1.54) is 0 Å². The summed E-state index contributed by atoms with van der Waals surface area (Å²) in [4.78, 5) is 16.1. The SMILES string of the molecule is CCOc1ccc(Nc2ccc(C(=O)NCCCOC)nc2)cc1. The molecule has 6 heteroatoms. The summed E-state index contributed by atoms with van der Waals surface area (Å²) < 4.78 is 10.3. The standard InChI is InChI=1S/C18H23N3O3/c1-3-24-16-8-5-14(6-9-16)21-15-7-10-17(20-13-15)18(22)19-11-4-12-23-2/h5-10,13,21H,3-4,11-12H2,1-2H3,(H,19,22). The van der Waals surface area contributed by atoms with Crippen LogP contribution in [0.25, 0.3) is 0 Å². The molecule has 0 fully saturated rings. The molecule has 0 aliphatic carbocycles. The number of pyridine rings is 1. The van der Waals surface area contributed by atoms with Gasteiger partial charge >= 0.3 is 0 Å². The van der Waals surface area contributed by atoms with Crippen LogP contribution in [-0.4, -0.2) is 37.8 Å². The van der Waals surface area contributed by atoms with Crippen molar-refractivity contribution < 1.29 is 14.3 Å². The van der Waals surface area contributed by atoms with Gasteiger partial charge < -0.3 is 20.1 Å². The smallest absolute Gasteiger partial charge is 0.269 e. The van der Waals surface area contributed by atoms with Gasteiger partial charge in [0, 0.05) is 25.9 Å². The fourth-order valence-electron chi connectivity index (χ4n) is 2.08. The number of aromatic nitrogens is 1. The van der Waals surface area contributed by atoms with Crippen molar-refractivity contribution in [3.05, 3.63) is 48.3 Å². The lowest BCUT2D eigenvalue weighted by atomic mass is 10.2. The van der Waals surface area contributed by atoms with Gasteiger partial charge in [0.1, 0.15) is 11.4 Å². The molecule has 1 aromatic heterocycles. The molecular formula is C18H23N3O3. The first-order chi connectivity index (χ1) is 11.7. The molecule has 1 aromatic carbocycles. The van der Waals surface area contributed by atoms with Crippen molar-refractivity contribution in [3.63, 3.8) is 0 Å². The number of rotatable bonds is 9. The fraction of sp³-hybridized carbons (Fsp3) is 0.333. The van der Waals surface area contributed by atoms with Crippen molar-refractivity contribution >= 4 is 17.3 Å². The van der Waals surface area contributed by atoms with Crippen LogP contribution in [0.2, 0.25) is 0 Å². The Bertz CT molecular complexity index is 627. The Morgan fingerprint density at radius 2 is 1.88 bits per heavy atom. The monoisotopic (exact) mass is 329 g/mol. The quantitative estimate of drug-likeness (QED) is 0.692. The van der Waals surface area contributed by atoms with E-state index in [0.29, 0.717) is 25.5 Å². The van der Waals surface area contributed by atoms with Gasteiger partial charge in [-0.25, -0.2) is 4.98 Å². The molecule has 0 bridgehead atoms. The Kier molecular flexibility index (Phi) is 7.04. The van der Waals surface area contributed by atoms with Crippen molar-refractivity contribution in [1.29, 1.82) is 0 Å². The van der Waals surface area contributed by atoms with Gasteiger partial charge in [0.05, 0.1) is 18.5 Å². The van der Waals surface area contributed by atoms with E-state index in [2.05, 4.69) is 15.6 Å². The minimum absolute atomic E-state index is 0.182. The average molecular weight is 329 g/mol. The van der Waals surface area contributed by atoms with Gasteiger partial charge in [-0.05, 0) is 49.7 Å². The summed E-state index contributed by atoms with van der Waals surface area (Å²) >= 11 is 0. The number of carbonyl (C=O) groups is 1. The van der Waals surface area contributed by atoms with E-state index < -0.39 is 0 Å². The molecule has 2 rings (SSSR count). The second-order valence-corrected chi connectivity index (χ2v) is 5.12. The third-order valence-electron chi connectivity index (χ3n) is 3.26. The van der Waals surface area contributed by atoms with E-state index in [-0.39, 0.29) is 5.91 Å². The van der Waals surface area contributed by atoms with Crippen molar-refractivity contribution in [1.82, 2.24) is 10.3 Å². The predicted molar refractivity (Wildman–Crippen MR) is 94.0 cm³/mol. The number of nitrogens with zero attached hydrogens (tertiary/aromatic N) is 1. The second-order valence-electron chi connectivity index (χ2n) is 5.12. The van der Waals surface area contributed by atoms with Crippen LogP contribution < -0.4 is 15.4 Å². The number of benzene rings is 1. The van der Waals surface area contributed by atoms with Crippen LogP contribution in [0.5, 0.6) is 5.75 Å². The van der Waals surface area contributed by atoms with Crippen molar-refractivity contribution in [3.8, 4) is 5.75 Å². The zero-order valence-corrected chi connectivity index (χ0v) is 14.0. The Morgan fingerprint density at radius 1 is 1.12 bits per heavy atom. The number of amides is 1. The van der Waals surface area contributed by atoms with E-state index in [9.17, 15) is 4.79 Å². The third kappa shape index (κ3) is 5.55. The lowest BCUT2D eigenvalue weighted by Gasteiger charge is -2.09. The van der Waals surface area contributed by atoms with Crippen LogP contribution in [0.4, 0.5) is 11.4 Å². The van der Waals surface area contributed by atoms with Crippen LogP contribution in [0.15, 0.2) is 42.6 Å². The maximum absolute atomic E-state index is 11.9. The normalized spacial score (nSPS) is 10.2. The van der Waals surface area contributed by atoms with Crippen molar-refractivity contribution in [2.75, 3.05) is 32.2 Å². The first kappa shape index (κ1) is 17.7. The van der Waals surface area contributed by atoms with Gasteiger partial charge in [-0.3, -0.25) is 4.79 Å². The third-order valence-corrected chi connectivity index (χ3v) is 3.26. The number of methoxy groups -OCH3 is 1. The van der Waals surface area contributed by atoms with E-state index in [0.717, 1.165) is 23.5 Å². The van der Waals surface area contributed by atoms with Gasteiger partial charge in [-0.2, -0.15) is 0 Å². The first-order valence-corrected chi connectivity index (χ1v) is 7.96. The van der Waals surface area contributed by atoms with Gasteiger partial charge in [0.2, 0.25) is 0 Å². The van der Waals surface area contributed by atoms with Crippen LogP contribution >= 0.6 is 0 Å².